The maximum Gasteiger partial charge on any atom is 0.329 e. The molecule has 3 heterocycles. The van der Waals surface area contributed by atoms with E-state index in [0.717, 1.165) is 30.7 Å². The molecule has 88 heavy (non-hydrogen) atoms. The summed E-state index contributed by atoms with van der Waals surface area (Å²) in [6.45, 7) is 17.2. The molecule has 0 radical (unpaired) electrons. The maximum atomic E-state index is 15.1. The standard InChI is InChI=1S/C66H88F2N6O14/c1-37(2)25-51-63(79)85-41(9)59(75)71(11)54(28-40(7)8)66(82)88-56(34-46-23-19-44(20-24-46)30-48-32-50(68)58(84-16)70-36-48)62(78)74(14)52(26-38(3)4)64(80)86-42(10)60(76)72(12)53(27-39(5)6)65(81)87-55(61(77)73(51)13)33-45-21-17-43(18-22-45)29-47-31-49(67)57(83-15)69-35-47/h17-24,31-32,35-42,51-56H,25-30,33-34H2,1-16H3/t41-,42-,51+,52+,53+,54+,55-,56-/m1/s1. The number of methoxy groups -OCH3 is 2. The van der Waals surface area contributed by atoms with Crippen molar-refractivity contribution in [1.29, 1.82) is 0 Å². The molecule has 0 spiro atoms. The van der Waals surface area contributed by atoms with Crippen LogP contribution in [0.5, 0.6) is 11.8 Å². The van der Waals surface area contributed by atoms with E-state index < -0.39 is 108 Å². The zero-order valence-corrected chi connectivity index (χ0v) is 53.7. The van der Waals surface area contributed by atoms with Gasteiger partial charge in [-0.15, -0.1) is 0 Å². The summed E-state index contributed by atoms with van der Waals surface area (Å²) in [6.07, 6.45) is -3.03. The molecule has 2 aromatic heterocycles. The largest absolute Gasteiger partial charge is 0.479 e. The number of amides is 4. The van der Waals surface area contributed by atoms with E-state index in [1.165, 1.54) is 80.8 Å². The Bertz CT molecular complexity index is 2850. The lowest BCUT2D eigenvalue weighted by atomic mass is 9.99. The molecule has 22 heteroatoms. The van der Waals surface area contributed by atoms with Crippen molar-refractivity contribution in [3.8, 4) is 11.8 Å². The van der Waals surface area contributed by atoms with Crippen LogP contribution in [0.15, 0.2) is 73.1 Å². The van der Waals surface area contributed by atoms with Gasteiger partial charge in [0.05, 0.1) is 14.2 Å². The molecule has 0 unspecified atom stereocenters. The van der Waals surface area contributed by atoms with E-state index in [0.29, 0.717) is 35.1 Å². The first kappa shape index (κ1) is 70.7. The number of hydrogen-bond acceptors (Lipinski definition) is 16. The Balaban J connectivity index is 1.58. The summed E-state index contributed by atoms with van der Waals surface area (Å²) >= 11 is 0. The average Bonchev–Trinajstić information content (AvgIpc) is 3.67. The van der Waals surface area contributed by atoms with E-state index in [1.54, 1.807) is 48.5 Å². The molecule has 1 fully saturated rings. The second kappa shape index (κ2) is 32.3. The first-order chi connectivity index (χ1) is 41.4. The van der Waals surface area contributed by atoms with Crippen LogP contribution in [0.2, 0.25) is 0 Å². The number of hydrogen-bond donors (Lipinski definition) is 0. The molecular formula is C66H88F2N6O14. The highest BCUT2D eigenvalue weighted by molar-refractivity contribution is 5.94. The van der Waals surface area contributed by atoms with Gasteiger partial charge in [-0.25, -0.2) is 37.9 Å². The number of carbonyl (C=O) groups is 8. The van der Waals surface area contributed by atoms with Crippen molar-refractivity contribution >= 4 is 47.5 Å². The molecule has 8 atom stereocenters. The molecule has 0 aliphatic carbocycles. The number of likely N-dealkylation sites (N-methyl/N-ethyl adjacent to an activating group) is 4. The van der Waals surface area contributed by atoms with E-state index >= 15 is 9.59 Å². The Kier molecular flexibility index (Phi) is 25.9. The molecule has 4 aromatic rings. The van der Waals surface area contributed by atoms with Crippen LogP contribution in [0.3, 0.4) is 0 Å². The number of halogens is 2. The third-order valence-electron chi connectivity index (χ3n) is 15.3. The van der Waals surface area contributed by atoms with E-state index in [2.05, 4.69) is 9.97 Å². The number of cyclic esters (lactones) is 4. The van der Waals surface area contributed by atoms with E-state index in [1.807, 2.05) is 55.4 Å². The number of rotatable bonds is 18. The minimum atomic E-state index is -1.61. The van der Waals surface area contributed by atoms with E-state index in [4.69, 9.17) is 28.4 Å². The summed E-state index contributed by atoms with van der Waals surface area (Å²) in [5.41, 5.74) is 3.70. The molecule has 5 rings (SSSR count). The summed E-state index contributed by atoms with van der Waals surface area (Å²) < 4.78 is 63.2. The molecular weight excluding hydrogens is 1140 g/mol. The topological polar surface area (TPSA) is 231 Å². The molecule has 480 valence electrons. The molecule has 0 N–H and O–H groups in total. The lowest BCUT2D eigenvalue weighted by Gasteiger charge is -2.35. The SMILES string of the molecule is COc1ncc(Cc2ccc(C[C@H]3OC(=O)[C@H](CC(C)C)N(C)C(=O)[C@@H](C)OC(=O)[C@H](CC(C)C)N(C)C(=O)[C@@H](Cc4ccc(Cc5cnc(OC)c(F)c5)cc4)OC(=O)[C@H](CC(C)C)N(C)C(=O)[C@@H](C)OC(=O)[C@H](CC(C)C)N(C)C3=O)cc2)cc1F. The van der Waals surface area contributed by atoms with E-state index in [9.17, 15) is 37.5 Å². The van der Waals surface area contributed by atoms with Crippen LogP contribution in [0.4, 0.5) is 8.78 Å². The van der Waals surface area contributed by atoms with Crippen LogP contribution < -0.4 is 9.47 Å². The number of pyridine rings is 2. The van der Waals surface area contributed by atoms with Gasteiger partial charge in [-0.3, -0.25) is 19.2 Å². The maximum absolute atomic E-state index is 15.1. The lowest BCUT2D eigenvalue weighted by Crippen LogP contribution is -2.55. The summed E-state index contributed by atoms with van der Waals surface area (Å²) in [7, 11) is 8.04. The fraction of sp³-hybridized carbons (Fsp3) is 0.545. The minimum Gasteiger partial charge on any atom is -0.479 e. The highest BCUT2D eigenvalue weighted by Crippen LogP contribution is 2.26. The smallest absolute Gasteiger partial charge is 0.329 e. The molecule has 1 aliphatic rings. The molecule has 0 bridgehead atoms. The summed E-state index contributed by atoms with van der Waals surface area (Å²) in [6, 6.07) is 11.2. The highest BCUT2D eigenvalue weighted by Gasteiger charge is 2.43. The predicted molar refractivity (Wildman–Crippen MR) is 322 cm³/mol. The predicted octanol–water partition coefficient (Wildman–Crippen LogP) is 7.93. The quantitative estimate of drug-likeness (QED) is 0.0680. The third-order valence-corrected chi connectivity index (χ3v) is 15.3. The van der Waals surface area contributed by atoms with Crippen molar-refractivity contribution in [2.75, 3.05) is 42.4 Å². The second-order valence-corrected chi connectivity index (χ2v) is 24.5. The number of carbonyl (C=O) groups excluding carboxylic acids is 8. The van der Waals surface area contributed by atoms with Gasteiger partial charge in [-0.05, 0) is 122 Å². The molecule has 20 nitrogen and oxygen atoms in total. The Morgan fingerprint density at radius 1 is 0.420 bits per heavy atom. The fourth-order valence-corrected chi connectivity index (χ4v) is 10.4. The average molecular weight is 1230 g/mol. The highest BCUT2D eigenvalue weighted by atomic mass is 19.1. The van der Waals surface area contributed by atoms with Gasteiger partial charge in [0.2, 0.25) is 11.8 Å². The van der Waals surface area contributed by atoms with Crippen molar-refractivity contribution < 1.29 is 75.6 Å². The van der Waals surface area contributed by atoms with Crippen molar-refractivity contribution in [2.24, 2.45) is 23.7 Å². The van der Waals surface area contributed by atoms with Crippen LogP contribution in [0.1, 0.15) is 128 Å². The number of ether oxygens (including phenoxy) is 6. The van der Waals surface area contributed by atoms with Crippen molar-refractivity contribution in [3.63, 3.8) is 0 Å². The Morgan fingerprint density at radius 3 is 0.943 bits per heavy atom. The lowest BCUT2D eigenvalue weighted by molar-refractivity contribution is -0.176. The summed E-state index contributed by atoms with van der Waals surface area (Å²) in [5.74, 6) is -9.60. The zero-order valence-electron chi connectivity index (χ0n) is 53.7. The third kappa shape index (κ3) is 19.5. The van der Waals surface area contributed by atoms with Gasteiger partial charge in [0.15, 0.2) is 36.1 Å². The Hall–Kier alpha value is -8.04. The van der Waals surface area contributed by atoms with Gasteiger partial charge >= 0.3 is 23.9 Å². The normalized spacial score (nSPS) is 22.1. The van der Waals surface area contributed by atoms with Gasteiger partial charge in [0, 0.05) is 53.4 Å². The summed E-state index contributed by atoms with van der Waals surface area (Å²) in [5, 5.41) is 0. The van der Waals surface area contributed by atoms with Gasteiger partial charge < -0.3 is 48.0 Å². The Morgan fingerprint density at radius 2 is 0.682 bits per heavy atom. The number of aromatic nitrogens is 2. The van der Waals surface area contributed by atoms with Gasteiger partial charge in [0.25, 0.3) is 23.6 Å². The second-order valence-electron chi connectivity index (χ2n) is 24.5. The van der Waals surface area contributed by atoms with Crippen LogP contribution in [0.25, 0.3) is 0 Å². The Labute approximate surface area is 515 Å². The van der Waals surface area contributed by atoms with Crippen molar-refractivity contribution in [3.05, 3.63) is 118 Å². The first-order valence-corrected chi connectivity index (χ1v) is 29.8. The van der Waals surface area contributed by atoms with Gasteiger partial charge in [-0.1, -0.05) is 104 Å². The van der Waals surface area contributed by atoms with Crippen LogP contribution in [-0.4, -0.2) is 168 Å². The van der Waals surface area contributed by atoms with E-state index in [-0.39, 0.29) is 74.0 Å². The van der Waals surface area contributed by atoms with Crippen LogP contribution in [-0.2, 0) is 83.0 Å². The number of benzene rings is 2. The van der Waals surface area contributed by atoms with Crippen molar-refractivity contribution in [2.45, 2.75) is 169 Å². The number of nitrogens with zero attached hydrogens (tertiary/aromatic N) is 6. The first-order valence-electron chi connectivity index (χ1n) is 29.8. The molecule has 1 saturated heterocycles. The van der Waals surface area contributed by atoms with Crippen LogP contribution in [0, 0.1) is 35.3 Å². The summed E-state index contributed by atoms with van der Waals surface area (Å²) in [4.78, 5) is 130. The molecule has 4 amide bonds. The molecule has 2 aromatic carbocycles. The fourth-order valence-electron chi connectivity index (χ4n) is 10.4. The zero-order chi connectivity index (χ0) is 65.4. The minimum absolute atomic E-state index is 0.0326. The molecule has 0 saturated carbocycles. The van der Waals surface area contributed by atoms with Gasteiger partial charge in [0.1, 0.15) is 24.2 Å². The van der Waals surface area contributed by atoms with Crippen molar-refractivity contribution in [1.82, 2.24) is 29.6 Å². The molecule has 1 aliphatic heterocycles. The monoisotopic (exact) mass is 1230 g/mol. The van der Waals surface area contributed by atoms with Gasteiger partial charge in [-0.2, -0.15) is 0 Å². The van der Waals surface area contributed by atoms with Crippen LogP contribution >= 0.6 is 0 Å². The number of esters is 4.